The Morgan fingerprint density at radius 2 is 1.96 bits per heavy atom. The van der Waals surface area contributed by atoms with E-state index in [9.17, 15) is 22.8 Å². The summed E-state index contributed by atoms with van der Waals surface area (Å²) in [6.45, 7) is 0. The van der Waals surface area contributed by atoms with Gasteiger partial charge >= 0.3 is 18.0 Å². The van der Waals surface area contributed by atoms with Gasteiger partial charge in [-0.2, -0.15) is 18.3 Å². The van der Waals surface area contributed by atoms with Crippen LogP contribution in [0.4, 0.5) is 18.9 Å². The van der Waals surface area contributed by atoms with Crippen molar-refractivity contribution in [2.24, 2.45) is 5.10 Å². The molecule has 0 bridgehead atoms. The van der Waals surface area contributed by atoms with Crippen LogP contribution in [0.2, 0.25) is 5.02 Å². The predicted octanol–water partition coefficient (Wildman–Crippen LogP) is 3.51. The van der Waals surface area contributed by atoms with Crippen LogP contribution in [0.5, 0.6) is 0 Å². The minimum absolute atomic E-state index is 0.214. The SMILES string of the molecule is O=C(N/N=C/c1cccs1)C(=O)Nc1ccc(Cl)c(C(F)(F)F)c1. The summed E-state index contributed by atoms with van der Waals surface area (Å²) in [6.07, 6.45) is -3.34. The van der Waals surface area contributed by atoms with E-state index < -0.39 is 28.6 Å². The molecule has 5 nitrogen and oxygen atoms in total. The van der Waals surface area contributed by atoms with Crippen molar-refractivity contribution in [2.45, 2.75) is 6.18 Å². The molecule has 0 aliphatic heterocycles. The van der Waals surface area contributed by atoms with Crippen molar-refractivity contribution < 1.29 is 22.8 Å². The average Bonchev–Trinajstić information content (AvgIpc) is 3.01. The summed E-state index contributed by atoms with van der Waals surface area (Å²) in [6, 6.07) is 6.29. The summed E-state index contributed by atoms with van der Waals surface area (Å²) >= 11 is 6.84. The van der Waals surface area contributed by atoms with Crippen LogP contribution in [0.15, 0.2) is 40.8 Å². The lowest BCUT2D eigenvalue weighted by Crippen LogP contribution is -2.32. The van der Waals surface area contributed by atoms with E-state index in [1.165, 1.54) is 17.6 Å². The number of nitrogens with zero attached hydrogens (tertiary/aromatic N) is 1. The van der Waals surface area contributed by atoms with Gasteiger partial charge < -0.3 is 5.32 Å². The topological polar surface area (TPSA) is 70.6 Å². The molecule has 0 radical (unpaired) electrons. The molecule has 2 amide bonds. The highest BCUT2D eigenvalue weighted by Gasteiger charge is 2.33. The summed E-state index contributed by atoms with van der Waals surface area (Å²) in [5, 5.41) is 6.91. The van der Waals surface area contributed by atoms with Gasteiger partial charge in [0.25, 0.3) is 0 Å². The molecule has 10 heteroatoms. The molecule has 0 atom stereocenters. The maximum Gasteiger partial charge on any atom is 0.417 e. The van der Waals surface area contributed by atoms with E-state index in [0.29, 0.717) is 6.07 Å². The van der Waals surface area contributed by atoms with Crippen LogP contribution < -0.4 is 10.7 Å². The second-order valence-corrected chi connectivity index (χ2v) is 5.75. The Labute approximate surface area is 143 Å². The van der Waals surface area contributed by atoms with Gasteiger partial charge in [-0.1, -0.05) is 17.7 Å². The van der Waals surface area contributed by atoms with Crippen molar-refractivity contribution in [3.8, 4) is 0 Å². The zero-order valence-electron chi connectivity index (χ0n) is 11.7. The first-order chi connectivity index (χ1) is 11.3. The van der Waals surface area contributed by atoms with E-state index in [-0.39, 0.29) is 5.69 Å². The summed E-state index contributed by atoms with van der Waals surface area (Å²) < 4.78 is 38.2. The van der Waals surface area contributed by atoms with Crippen LogP contribution in [-0.2, 0) is 15.8 Å². The number of hydrogen-bond donors (Lipinski definition) is 2. The average molecular weight is 376 g/mol. The molecular weight excluding hydrogens is 367 g/mol. The molecule has 0 saturated heterocycles. The van der Waals surface area contributed by atoms with E-state index in [1.807, 2.05) is 10.7 Å². The van der Waals surface area contributed by atoms with Crippen molar-refractivity contribution in [1.29, 1.82) is 0 Å². The molecule has 0 saturated carbocycles. The number of carbonyl (C=O) groups is 2. The van der Waals surface area contributed by atoms with Crippen molar-refractivity contribution in [2.75, 3.05) is 5.32 Å². The Bertz CT molecular complexity index is 776. The van der Waals surface area contributed by atoms with Crippen molar-refractivity contribution in [1.82, 2.24) is 5.43 Å². The molecule has 2 N–H and O–H groups in total. The van der Waals surface area contributed by atoms with Gasteiger partial charge in [-0.05, 0) is 29.6 Å². The Kier molecular flexibility index (Phi) is 5.58. The quantitative estimate of drug-likeness (QED) is 0.489. The largest absolute Gasteiger partial charge is 0.417 e. The highest BCUT2D eigenvalue weighted by atomic mass is 35.5. The van der Waals surface area contributed by atoms with Gasteiger partial charge in [0.05, 0.1) is 16.8 Å². The summed E-state index contributed by atoms with van der Waals surface area (Å²) in [5.41, 5.74) is 0.647. The lowest BCUT2D eigenvalue weighted by atomic mass is 10.2. The molecule has 0 aliphatic carbocycles. The fourth-order valence-electron chi connectivity index (χ4n) is 1.58. The first-order valence-electron chi connectivity index (χ1n) is 6.32. The van der Waals surface area contributed by atoms with Gasteiger partial charge in [-0.25, -0.2) is 5.43 Å². The highest BCUT2D eigenvalue weighted by Crippen LogP contribution is 2.36. The number of nitrogens with one attached hydrogen (secondary N) is 2. The monoisotopic (exact) mass is 375 g/mol. The minimum atomic E-state index is -4.68. The molecular formula is C14H9ClF3N3O2S. The number of thiophene rings is 1. The van der Waals surface area contributed by atoms with E-state index in [4.69, 9.17) is 11.6 Å². The van der Waals surface area contributed by atoms with Gasteiger partial charge in [0.1, 0.15) is 0 Å². The van der Waals surface area contributed by atoms with Crippen molar-refractivity contribution >= 4 is 46.7 Å². The van der Waals surface area contributed by atoms with Crippen LogP contribution >= 0.6 is 22.9 Å². The normalized spacial score (nSPS) is 11.5. The number of benzene rings is 1. The summed E-state index contributed by atoms with van der Waals surface area (Å²) in [5.74, 6) is -2.28. The fraction of sp³-hybridized carbons (Fsp3) is 0.0714. The number of alkyl halides is 3. The smallest absolute Gasteiger partial charge is 0.318 e. The molecule has 126 valence electrons. The molecule has 1 heterocycles. The number of carbonyl (C=O) groups excluding carboxylic acids is 2. The second-order valence-electron chi connectivity index (χ2n) is 4.36. The predicted molar refractivity (Wildman–Crippen MR) is 85.1 cm³/mol. The van der Waals surface area contributed by atoms with E-state index in [2.05, 4.69) is 5.10 Å². The molecule has 1 aromatic heterocycles. The number of halogens is 4. The molecule has 2 rings (SSSR count). The fourth-order valence-corrected chi connectivity index (χ4v) is 2.39. The third kappa shape index (κ3) is 4.80. The maximum absolute atomic E-state index is 12.7. The van der Waals surface area contributed by atoms with Gasteiger partial charge in [0, 0.05) is 10.6 Å². The van der Waals surface area contributed by atoms with E-state index in [0.717, 1.165) is 17.0 Å². The number of anilines is 1. The molecule has 1 aromatic carbocycles. The molecule has 0 fully saturated rings. The molecule has 0 spiro atoms. The second kappa shape index (κ2) is 7.45. The van der Waals surface area contributed by atoms with Crippen LogP contribution in [-0.4, -0.2) is 18.0 Å². The zero-order valence-corrected chi connectivity index (χ0v) is 13.3. The van der Waals surface area contributed by atoms with Crippen LogP contribution in [0.25, 0.3) is 0 Å². The summed E-state index contributed by atoms with van der Waals surface area (Å²) in [7, 11) is 0. The van der Waals surface area contributed by atoms with E-state index >= 15 is 0 Å². The third-order valence-corrected chi connectivity index (χ3v) is 3.77. The number of hydrogen-bond acceptors (Lipinski definition) is 4. The Morgan fingerprint density at radius 1 is 1.21 bits per heavy atom. The molecule has 24 heavy (non-hydrogen) atoms. The number of rotatable bonds is 3. The van der Waals surface area contributed by atoms with Crippen LogP contribution in [0, 0.1) is 0 Å². The van der Waals surface area contributed by atoms with Crippen molar-refractivity contribution in [3.05, 3.63) is 51.2 Å². The first kappa shape index (κ1) is 18.0. The highest BCUT2D eigenvalue weighted by molar-refractivity contribution is 7.11. The maximum atomic E-state index is 12.7. The molecule has 2 aromatic rings. The first-order valence-corrected chi connectivity index (χ1v) is 7.58. The lowest BCUT2D eigenvalue weighted by Gasteiger charge is -2.11. The number of amides is 2. The van der Waals surface area contributed by atoms with Gasteiger partial charge in [-0.15, -0.1) is 11.3 Å². The van der Waals surface area contributed by atoms with Crippen molar-refractivity contribution in [3.63, 3.8) is 0 Å². The zero-order chi connectivity index (χ0) is 17.7. The van der Waals surface area contributed by atoms with E-state index in [1.54, 1.807) is 17.5 Å². The standard InChI is InChI=1S/C14H9ClF3N3O2S/c15-11-4-3-8(6-10(11)14(16,17)18)20-12(22)13(23)21-19-7-9-2-1-5-24-9/h1-7H,(H,20,22)(H,21,23)/b19-7+. The molecule has 0 aliphatic rings. The Morgan fingerprint density at radius 3 is 2.58 bits per heavy atom. The van der Waals surface area contributed by atoms with Gasteiger partial charge in [-0.3, -0.25) is 9.59 Å². The lowest BCUT2D eigenvalue weighted by molar-refractivity contribution is -0.137. The minimum Gasteiger partial charge on any atom is -0.318 e. The Hall–Kier alpha value is -2.39. The van der Waals surface area contributed by atoms with Gasteiger partial charge in [0.15, 0.2) is 0 Å². The molecule has 0 unspecified atom stereocenters. The summed E-state index contributed by atoms with van der Waals surface area (Å²) in [4.78, 5) is 23.9. The third-order valence-electron chi connectivity index (χ3n) is 2.64. The van der Waals surface area contributed by atoms with Crippen LogP contribution in [0.1, 0.15) is 10.4 Å². The van der Waals surface area contributed by atoms with Gasteiger partial charge in [0.2, 0.25) is 0 Å². The van der Waals surface area contributed by atoms with Crippen LogP contribution in [0.3, 0.4) is 0 Å². The number of hydrazone groups is 1. The Balaban J connectivity index is 2.00.